The third kappa shape index (κ3) is 12.0. The second-order valence-corrected chi connectivity index (χ2v) is 15.0. The lowest BCUT2D eigenvalue weighted by molar-refractivity contribution is -0.123. The maximum absolute atomic E-state index is 13.4. The van der Waals surface area contributed by atoms with Crippen LogP contribution >= 0.6 is 0 Å². The summed E-state index contributed by atoms with van der Waals surface area (Å²) >= 11 is 0. The molecule has 6 aromatic carbocycles. The number of anilines is 3. The summed E-state index contributed by atoms with van der Waals surface area (Å²) in [5, 5.41) is 13.5. The first-order chi connectivity index (χ1) is 30.7. The fourth-order valence-corrected chi connectivity index (χ4v) is 6.96. The number of ether oxygens (including phenoxy) is 4. The molecule has 0 bridgehead atoms. The molecule has 63 heavy (non-hydrogen) atoms. The lowest BCUT2D eigenvalue weighted by atomic mass is 9.97. The van der Waals surface area contributed by atoms with E-state index in [1.165, 1.54) is 0 Å². The van der Waals surface area contributed by atoms with Crippen LogP contribution < -0.4 is 40.2 Å². The highest BCUT2D eigenvalue weighted by Crippen LogP contribution is 2.36. The van der Waals surface area contributed by atoms with Crippen molar-refractivity contribution in [2.24, 2.45) is 0 Å². The number of aromatic nitrogens is 3. The molecule has 2 unspecified atom stereocenters. The van der Waals surface area contributed by atoms with E-state index >= 15 is 0 Å². The Hall–Kier alpha value is -7.60. The summed E-state index contributed by atoms with van der Waals surface area (Å²) in [6.45, 7) is 6.81. The van der Waals surface area contributed by atoms with E-state index in [1.807, 2.05) is 153 Å². The summed E-state index contributed by atoms with van der Waals surface area (Å²) in [4.78, 5) is 27.8. The van der Waals surface area contributed by atoms with Crippen LogP contribution in [0, 0.1) is 13.8 Å². The number of hydrogen-bond donors (Lipinski definition) is 4. The molecule has 322 valence electrons. The molecule has 0 spiro atoms. The van der Waals surface area contributed by atoms with Crippen molar-refractivity contribution in [3.8, 4) is 23.0 Å². The Balaban J connectivity index is 1.12. The number of hydrogen-bond acceptors (Lipinski definition) is 11. The minimum absolute atomic E-state index is 0.0982. The van der Waals surface area contributed by atoms with Crippen LogP contribution in [0.5, 0.6) is 23.0 Å². The number of amides is 1. The van der Waals surface area contributed by atoms with Crippen molar-refractivity contribution >= 4 is 23.8 Å². The van der Waals surface area contributed by atoms with Crippen LogP contribution in [0.4, 0.5) is 17.8 Å². The number of methoxy groups -OCH3 is 2. The lowest BCUT2D eigenvalue weighted by Gasteiger charge is -2.23. The maximum atomic E-state index is 13.4. The van der Waals surface area contributed by atoms with Crippen molar-refractivity contribution in [1.29, 1.82) is 0 Å². The van der Waals surface area contributed by atoms with Crippen molar-refractivity contribution < 1.29 is 23.7 Å². The summed E-state index contributed by atoms with van der Waals surface area (Å²) in [7, 11) is 3.23. The summed E-state index contributed by atoms with van der Waals surface area (Å²) in [6.07, 6.45) is 0. The predicted octanol–water partition coefficient (Wildman–Crippen LogP) is 9.66. The molecule has 0 aliphatic carbocycles. The summed E-state index contributed by atoms with van der Waals surface area (Å²) < 4.78 is 23.4. The average Bonchev–Trinajstić information content (AvgIpc) is 3.32. The summed E-state index contributed by atoms with van der Waals surface area (Å²) in [5.41, 5.74) is 7.01. The van der Waals surface area contributed by atoms with Crippen LogP contribution in [-0.2, 0) is 4.79 Å². The second-order valence-electron chi connectivity index (χ2n) is 15.0. The molecule has 0 fully saturated rings. The van der Waals surface area contributed by atoms with Gasteiger partial charge in [-0.1, -0.05) is 120 Å². The van der Waals surface area contributed by atoms with Gasteiger partial charge in [0.15, 0.2) is 6.61 Å². The number of aryl methyl sites for hydroxylation is 2. The van der Waals surface area contributed by atoms with Crippen molar-refractivity contribution in [3.05, 3.63) is 191 Å². The van der Waals surface area contributed by atoms with Gasteiger partial charge in [0.05, 0.1) is 38.9 Å². The van der Waals surface area contributed by atoms with E-state index in [0.717, 1.165) is 44.7 Å². The highest BCUT2D eigenvalue weighted by Gasteiger charge is 2.23. The van der Waals surface area contributed by atoms with E-state index in [4.69, 9.17) is 33.9 Å². The molecule has 2 atom stereocenters. The van der Waals surface area contributed by atoms with Gasteiger partial charge in [0.25, 0.3) is 5.91 Å². The highest BCUT2D eigenvalue weighted by atomic mass is 16.5. The van der Waals surface area contributed by atoms with Gasteiger partial charge in [-0.2, -0.15) is 15.0 Å². The van der Waals surface area contributed by atoms with Crippen molar-refractivity contribution in [3.63, 3.8) is 0 Å². The molecular weight excluding hydrogens is 791 g/mol. The second kappa shape index (κ2) is 21.3. The number of nitrogens with zero attached hydrogens (tertiary/aromatic N) is 3. The van der Waals surface area contributed by atoms with Gasteiger partial charge < -0.3 is 40.2 Å². The van der Waals surface area contributed by atoms with Crippen LogP contribution in [0.25, 0.3) is 0 Å². The highest BCUT2D eigenvalue weighted by molar-refractivity contribution is 5.78. The van der Waals surface area contributed by atoms with Crippen LogP contribution in [0.1, 0.15) is 64.0 Å². The third-order valence-electron chi connectivity index (χ3n) is 10.4. The zero-order chi connectivity index (χ0) is 44.0. The molecule has 0 aliphatic heterocycles. The number of benzene rings is 6. The van der Waals surface area contributed by atoms with Crippen molar-refractivity contribution in [2.45, 2.75) is 38.9 Å². The minimum Gasteiger partial charge on any atom is -0.497 e. The number of carbonyl (C=O) groups excluding carboxylic acids is 1. The smallest absolute Gasteiger partial charge is 0.258 e. The van der Waals surface area contributed by atoms with Gasteiger partial charge >= 0.3 is 0 Å². The fraction of sp³-hybridized carbons (Fsp3) is 0.216. The topological polar surface area (TPSA) is 141 Å². The zero-order valence-corrected chi connectivity index (χ0v) is 36.2. The van der Waals surface area contributed by atoms with Crippen LogP contribution in [0.2, 0.25) is 0 Å². The molecule has 1 heterocycles. The Labute approximate surface area is 369 Å². The van der Waals surface area contributed by atoms with Crippen molar-refractivity contribution in [1.82, 2.24) is 20.3 Å². The van der Waals surface area contributed by atoms with Gasteiger partial charge in [-0.3, -0.25) is 4.79 Å². The maximum Gasteiger partial charge on any atom is 0.258 e. The van der Waals surface area contributed by atoms with E-state index < -0.39 is 6.04 Å². The molecule has 1 amide bonds. The molecule has 1 aromatic heterocycles. The molecule has 0 radical (unpaired) electrons. The minimum atomic E-state index is -0.510. The van der Waals surface area contributed by atoms with Gasteiger partial charge in [-0.05, 0) is 79.4 Å². The third-order valence-corrected chi connectivity index (χ3v) is 10.4. The zero-order valence-electron chi connectivity index (χ0n) is 36.2. The fourth-order valence-electron chi connectivity index (χ4n) is 6.96. The first kappa shape index (κ1) is 43.5. The molecule has 7 rings (SSSR count). The normalized spacial score (nSPS) is 11.8. The van der Waals surface area contributed by atoms with Crippen LogP contribution in [-0.4, -0.2) is 54.8 Å². The Bertz CT molecular complexity index is 2480. The Morgan fingerprint density at radius 3 is 1.71 bits per heavy atom. The van der Waals surface area contributed by atoms with Gasteiger partial charge in [-0.25, -0.2) is 0 Å². The van der Waals surface area contributed by atoms with E-state index in [-0.39, 0.29) is 24.6 Å². The number of rotatable bonds is 20. The first-order valence-electron chi connectivity index (χ1n) is 20.9. The van der Waals surface area contributed by atoms with E-state index in [2.05, 4.69) is 40.3 Å². The van der Waals surface area contributed by atoms with Crippen LogP contribution in [0.15, 0.2) is 152 Å². The Morgan fingerprint density at radius 2 is 1.10 bits per heavy atom. The molecular formula is C51H53N7O5. The number of para-hydroxylation sites is 1. The molecule has 0 saturated carbocycles. The van der Waals surface area contributed by atoms with E-state index in [9.17, 15) is 4.79 Å². The first-order valence-corrected chi connectivity index (χ1v) is 20.9. The molecule has 12 nitrogen and oxygen atoms in total. The monoisotopic (exact) mass is 843 g/mol. The standard InChI is InChI=1S/C51H53N7O5/c1-34-16-20-38(21-17-34)47(39-22-18-35(2)19-23-39)54-46(59)33-63-42-26-24-40(25-27-42)48(44-29-28-43(60-4)32-45(44)61-5)55-51-57-49(52-30-31-62-41-14-10-7-11-15-41)56-50(58-51)53-36(3)37-12-8-6-9-13-37/h6-29,32,36,47-48H,30-31,33H2,1-5H3,(H,54,59)(H3,52,53,55,56,57,58). The summed E-state index contributed by atoms with van der Waals surface area (Å²) in [6, 6.07) is 48.4. The van der Waals surface area contributed by atoms with Gasteiger partial charge in [0.1, 0.15) is 29.6 Å². The molecule has 4 N–H and O–H groups in total. The van der Waals surface area contributed by atoms with Crippen LogP contribution in [0.3, 0.4) is 0 Å². The lowest BCUT2D eigenvalue weighted by Crippen LogP contribution is -2.33. The summed E-state index contributed by atoms with van der Waals surface area (Å²) in [5.74, 6) is 3.36. The predicted molar refractivity (Wildman–Crippen MR) is 248 cm³/mol. The van der Waals surface area contributed by atoms with Gasteiger partial charge in [-0.15, -0.1) is 0 Å². The molecule has 0 saturated heterocycles. The molecule has 0 aliphatic rings. The average molecular weight is 844 g/mol. The number of nitrogens with one attached hydrogen (secondary N) is 4. The largest absolute Gasteiger partial charge is 0.497 e. The van der Waals surface area contributed by atoms with E-state index in [0.29, 0.717) is 48.2 Å². The van der Waals surface area contributed by atoms with Gasteiger partial charge in [0, 0.05) is 11.6 Å². The molecule has 12 heteroatoms. The Morgan fingerprint density at radius 1 is 0.556 bits per heavy atom. The Kier molecular flexibility index (Phi) is 14.7. The SMILES string of the molecule is COc1ccc(C(Nc2nc(NCCOc3ccccc3)nc(NC(C)c3ccccc3)n2)c2ccc(OCC(=O)NC(c3ccc(C)cc3)c3ccc(C)cc3)cc2)c(OC)c1. The quantitative estimate of drug-likeness (QED) is 0.0546. The van der Waals surface area contributed by atoms with Crippen molar-refractivity contribution in [2.75, 3.05) is 49.9 Å². The number of carbonyl (C=O) groups is 1. The molecule has 7 aromatic rings. The van der Waals surface area contributed by atoms with Gasteiger partial charge in [0.2, 0.25) is 17.8 Å². The van der Waals surface area contributed by atoms with E-state index in [1.54, 1.807) is 14.2 Å².